The summed E-state index contributed by atoms with van der Waals surface area (Å²) >= 11 is 0. The van der Waals surface area contributed by atoms with Gasteiger partial charge in [0.1, 0.15) is 0 Å². The molecule has 20 heavy (non-hydrogen) atoms. The lowest BCUT2D eigenvalue weighted by Gasteiger charge is -2.17. The first-order valence-electron chi connectivity index (χ1n) is 7.69. The van der Waals surface area contributed by atoms with Gasteiger partial charge in [-0.05, 0) is 47.6 Å². The smallest absolute Gasteiger partial charge is 0.0366 e. The van der Waals surface area contributed by atoms with Crippen LogP contribution in [0.25, 0.3) is 11.1 Å². The first-order chi connectivity index (χ1) is 9.74. The standard InChI is InChI=1S/C19H23N/c1-15(2)16-5-7-17(8-6-16)18-9-11-19(12-10-18)20-13-3-4-14-20/h5-12,15H,3-4,13-14H2,1-2H3. The molecule has 0 aromatic heterocycles. The molecule has 2 aromatic carbocycles. The molecule has 0 unspecified atom stereocenters. The molecule has 0 amide bonds. The third-order valence-corrected chi connectivity index (χ3v) is 4.25. The van der Waals surface area contributed by atoms with Crippen LogP contribution in [0.1, 0.15) is 38.2 Å². The number of benzene rings is 2. The van der Waals surface area contributed by atoms with Crippen molar-refractivity contribution in [2.45, 2.75) is 32.6 Å². The molecule has 0 aliphatic carbocycles. The maximum atomic E-state index is 2.48. The fraction of sp³-hybridized carbons (Fsp3) is 0.368. The lowest BCUT2D eigenvalue weighted by molar-refractivity contribution is 0.867. The van der Waals surface area contributed by atoms with E-state index in [1.54, 1.807) is 0 Å². The summed E-state index contributed by atoms with van der Waals surface area (Å²) in [6.07, 6.45) is 2.66. The Morgan fingerprint density at radius 3 is 1.75 bits per heavy atom. The zero-order valence-corrected chi connectivity index (χ0v) is 12.5. The van der Waals surface area contributed by atoms with Gasteiger partial charge in [0.05, 0.1) is 0 Å². The van der Waals surface area contributed by atoms with Gasteiger partial charge in [0.25, 0.3) is 0 Å². The van der Waals surface area contributed by atoms with E-state index in [4.69, 9.17) is 0 Å². The van der Waals surface area contributed by atoms with Crippen LogP contribution in [0.2, 0.25) is 0 Å². The van der Waals surface area contributed by atoms with Crippen LogP contribution >= 0.6 is 0 Å². The van der Waals surface area contributed by atoms with Crippen LogP contribution < -0.4 is 4.90 Å². The maximum absolute atomic E-state index is 2.48. The van der Waals surface area contributed by atoms with Crippen LogP contribution in [0.5, 0.6) is 0 Å². The summed E-state index contributed by atoms with van der Waals surface area (Å²) in [4.78, 5) is 2.48. The first-order valence-corrected chi connectivity index (χ1v) is 7.69. The topological polar surface area (TPSA) is 3.24 Å². The second-order valence-electron chi connectivity index (χ2n) is 6.02. The molecule has 1 heterocycles. The zero-order valence-electron chi connectivity index (χ0n) is 12.5. The molecular weight excluding hydrogens is 242 g/mol. The maximum Gasteiger partial charge on any atom is 0.0366 e. The van der Waals surface area contributed by atoms with E-state index >= 15 is 0 Å². The molecule has 0 bridgehead atoms. The summed E-state index contributed by atoms with van der Waals surface area (Å²) in [7, 11) is 0. The Balaban J connectivity index is 1.79. The lowest BCUT2D eigenvalue weighted by atomic mass is 9.99. The highest BCUT2D eigenvalue weighted by Gasteiger charge is 2.11. The molecule has 104 valence electrons. The predicted molar refractivity (Wildman–Crippen MR) is 87.4 cm³/mol. The van der Waals surface area contributed by atoms with Crippen molar-refractivity contribution in [1.29, 1.82) is 0 Å². The van der Waals surface area contributed by atoms with E-state index in [1.165, 1.54) is 48.3 Å². The van der Waals surface area contributed by atoms with Crippen molar-refractivity contribution in [3.05, 3.63) is 54.1 Å². The van der Waals surface area contributed by atoms with Crippen LogP contribution in [0.15, 0.2) is 48.5 Å². The van der Waals surface area contributed by atoms with Gasteiger partial charge in [0, 0.05) is 18.8 Å². The van der Waals surface area contributed by atoms with Crippen LogP contribution in [-0.2, 0) is 0 Å². The number of hydrogen-bond donors (Lipinski definition) is 0. The Kier molecular flexibility index (Phi) is 3.77. The van der Waals surface area contributed by atoms with Crippen molar-refractivity contribution in [3.63, 3.8) is 0 Å². The quantitative estimate of drug-likeness (QED) is 0.748. The van der Waals surface area contributed by atoms with Gasteiger partial charge in [-0.1, -0.05) is 50.2 Å². The van der Waals surface area contributed by atoms with Crippen molar-refractivity contribution >= 4 is 5.69 Å². The Morgan fingerprint density at radius 2 is 1.25 bits per heavy atom. The largest absolute Gasteiger partial charge is 0.372 e. The Hall–Kier alpha value is -1.76. The summed E-state index contributed by atoms with van der Waals surface area (Å²) < 4.78 is 0. The third kappa shape index (κ3) is 2.72. The molecule has 2 aromatic rings. The molecule has 3 rings (SSSR count). The van der Waals surface area contributed by atoms with Gasteiger partial charge in [-0.15, -0.1) is 0 Å². The molecule has 1 aliphatic rings. The SMILES string of the molecule is CC(C)c1ccc(-c2ccc(N3CCCC3)cc2)cc1. The lowest BCUT2D eigenvalue weighted by Crippen LogP contribution is -2.17. The number of nitrogens with zero attached hydrogens (tertiary/aromatic N) is 1. The van der Waals surface area contributed by atoms with Gasteiger partial charge in [0.2, 0.25) is 0 Å². The van der Waals surface area contributed by atoms with Crippen LogP contribution in [-0.4, -0.2) is 13.1 Å². The summed E-state index contributed by atoms with van der Waals surface area (Å²) in [5.74, 6) is 0.599. The number of rotatable bonds is 3. The first kappa shape index (κ1) is 13.2. The van der Waals surface area contributed by atoms with Crippen molar-refractivity contribution < 1.29 is 0 Å². The summed E-state index contributed by atoms with van der Waals surface area (Å²) in [6.45, 7) is 6.89. The van der Waals surface area contributed by atoms with Gasteiger partial charge < -0.3 is 4.90 Å². The Labute approximate surface area is 122 Å². The molecule has 0 radical (unpaired) electrons. The highest BCUT2D eigenvalue weighted by molar-refractivity contribution is 5.66. The molecule has 0 N–H and O–H groups in total. The molecule has 0 spiro atoms. The second kappa shape index (κ2) is 5.70. The van der Waals surface area contributed by atoms with Gasteiger partial charge >= 0.3 is 0 Å². The minimum atomic E-state index is 0.599. The fourth-order valence-electron chi connectivity index (χ4n) is 2.90. The molecular formula is C19H23N. The number of anilines is 1. The minimum Gasteiger partial charge on any atom is -0.372 e. The average molecular weight is 265 g/mol. The summed E-state index contributed by atoms with van der Waals surface area (Å²) in [6, 6.07) is 18.0. The molecule has 1 heteroatoms. The Bertz CT molecular complexity index is 545. The van der Waals surface area contributed by atoms with Gasteiger partial charge in [-0.2, -0.15) is 0 Å². The van der Waals surface area contributed by atoms with E-state index in [0.29, 0.717) is 5.92 Å². The predicted octanol–water partition coefficient (Wildman–Crippen LogP) is 5.08. The van der Waals surface area contributed by atoms with Crippen LogP contribution in [0.3, 0.4) is 0 Å². The highest BCUT2D eigenvalue weighted by Crippen LogP contribution is 2.26. The third-order valence-electron chi connectivity index (χ3n) is 4.25. The minimum absolute atomic E-state index is 0.599. The molecule has 1 fully saturated rings. The summed E-state index contributed by atoms with van der Waals surface area (Å²) in [5, 5.41) is 0. The van der Waals surface area contributed by atoms with Crippen molar-refractivity contribution in [2.24, 2.45) is 0 Å². The van der Waals surface area contributed by atoms with E-state index in [9.17, 15) is 0 Å². The van der Waals surface area contributed by atoms with E-state index in [1.807, 2.05) is 0 Å². The fourth-order valence-corrected chi connectivity index (χ4v) is 2.90. The average Bonchev–Trinajstić information content (AvgIpc) is 3.02. The van der Waals surface area contributed by atoms with Crippen LogP contribution in [0, 0.1) is 0 Å². The number of hydrogen-bond acceptors (Lipinski definition) is 1. The van der Waals surface area contributed by atoms with Gasteiger partial charge in [0.15, 0.2) is 0 Å². The second-order valence-corrected chi connectivity index (χ2v) is 6.02. The molecule has 1 saturated heterocycles. The van der Waals surface area contributed by atoms with Gasteiger partial charge in [-0.25, -0.2) is 0 Å². The monoisotopic (exact) mass is 265 g/mol. The van der Waals surface area contributed by atoms with E-state index in [0.717, 1.165) is 0 Å². The highest BCUT2D eigenvalue weighted by atomic mass is 15.1. The molecule has 1 nitrogen and oxygen atoms in total. The Morgan fingerprint density at radius 1 is 0.750 bits per heavy atom. The van der Waals surface area contributed by atoms with Crippen LogP contribution in [0.4, 0.5) is 5.69 Å². The van der Waals surface area contributed by atoms with E-state index < -0.39 is 0 Å². The molecule has 0 atom stereocenters. The normalized spacial score (nSPS) is 15.1. The van der Waals surface area contributed by atoms with E-state index in [2.05, 4.69) is 67.3 Å². The van der Waals surface area contributed by atoms with Crippen molar-refractivity contribution in [1.82, 2.24) is 0 Å². The van der Waals surface area contributed by atoms with E-state index in [-0.39, 0.29) is 0 Å². The summed E-state index contributed by atoms with van der Waals surface area (Å²) in [5.41, 5.74) is 5.39. The zero-order chi connectivity index (χ0) is 13.9. The molecule has 0 saturated carbocycles. The van der Waals surface area contributed by atoms with Crippen molar-refractivity contribution in [3.8, 4) is 11.1 Å². The molecule has 1 aliphatic heterocycles. The van der Waals surface area contributed by atoms with Crippen molar-refractivity contribution in [2.75, 3.05) is 18.0 Å². The van der Waals surface area contributed by atoms with Gasteiger partial charge in [-0.3, -0.25) is 0 Å².